The predicted octanol–water partition coefficient (Wildman–Crippen LogP) is 4.03. The maximum atomic E-state index is 12.9. The van der Waals surface area contributed by atoms with Crippen molar-refractivity contribution in [3.63, 3.8) is 0 Å². The Morgan fingerprint density at radius 3 is 2.52 bits per heavy atom. The number of aromatic nitrogens is 1. The number of carbonyl (C=O) groups excluding carboxylic acids is 1. The molecule has 0 aromatic carbocycles. The van der Waals surface area contributed by atoms with Crippen LogP contribution >= 0.6 is 22.9 Å². The minimum Gasteiger partial charge on any atom is -0.758 e. The van der Waals surface area contributed by atoms with Gasteiger partial charge >= 0.3 is 0 Å². The predicted molar refractivity (Wildman–Crippen MR) is 98.7 cm³/mol. The Morgan fingerprint density at radius 2 is 2.00 bits per heavy atom. The highest BCUT2D eigenvalue weighted by Crippen LogP contribution is 2.24. The van der Waals surface area contributed by atoms with Crippen molar-refractivity contribution in [1.29, 1.82) is 0 Å². The van der Waals surface area contributed by atoms with Gasteiger partial charge in [0.25, 0.3) is 0 Å². The number of nitrogens with zero attached hydrogens (tertiary/aromatic N) is 2. The molecule has 0 unspecified atom stereocenters. The van der Waals surface area contributed by atoms with Crippen molar-refractivity contribution in [2.24, 2.45) is 4.99 Å². The van der Waals surface area contributed by atoms with Crippen molar-refractivity contribution in [2.75, 3.05) is 6.54 Å². The van der Waals surface area contributed by atoms with Gasteiger partial charge in [0, 0.05) is 18.7 Å². The molecule has 0 bridgehead atoms. The van der Waals surface area contributed by atoms with Crippen molar-refractivity contribution >= 4 is 46.4 Å². The average Bonchev–Trinajstić information content (AvgIpc) is 2.96. The van der Waals surface area contributed by atoms with E-state index in [9.17, 15) is 4.79 Å². The van der Waals surface area contributed by atoms with Crippen molar-refractivity contribution in [3.8, 4) is 0 Å². The number of hydrogen-bond acceptors (Lipinski definition) is 4. The molecule has 0 fully saturated rings. The Labute approximate surface area is 151 Å². The van der Waals surface area contributed by atoms with Crippen molar-refractivity contribution in [2.45, 2.75) is 32.7 Å². The number of Topliss-reactive ketones (excluding diaryl/α,β-unsaturated/α-hetero) is 1. The van der Waals surface area contributed by atoms with E-state index in [1.807, 2.05) is 36.0 Å². The molecule has 0 saturated carbocycles. The monoisotopic (exact) mass is 366 g/mol. The summed E-state index contributed by atoms with van der Waals surface area (Å²) in [6, 6.07) is 6.92. The zero-order valence-corrected chi connectivity index (χ0v) is 15.5. The van der Waals surface area contributed by atoms with Crippen LogP contribution in [0.1, 0.15) is 41.5 Å². The molecule has 0 aliphatic heterocycles. The average molecular weight is 367 g/mol. The molecule has 2 aromatic rings. The van der Waals surface area contributed by atoms with E-state index in [0.717, 1.165) is 12.8 Å². The number of thiophene rings is 1. The summed E-state index contributed by atoms with van der Waals surface area (Å²) in [5, 5.41) is 0.398. The maximum absolute atomic E-state index is 12.9. The van der Waals surface area contributed by atoms with Crippen LogP contribution in [0.5, 0.6) is 0 Å². The summed E-state index contributed by atoms with van der Waals surface area (Å²) in [6.07, 6.45) is 5.91. The molecule has 2 heterocycles. The molecule has 0 aliphatic carbocycles. The lowest BCUT2D eigenvalue weighted by molar-refractivity contribution is -0.691. The fourth-order valence-electron chi connectivity index (χ4n) is 2.30. The maximum Gasteiger partial charge on any atom is 0.244 e. The molecule has 1 atom stereocenters. The number of halogens is 1. The summed E-state index contributed by atoms with van der Waals surface area (Å²) in [4.78, 5) is 17.7. The standard InChI is InChI=1S/C17H19ClN2OS2/c1-3-5-12-8-10-20(11-9-12)15(17(22)19-4-2)16(21)13-6-7-14(18)23-13/h6-11,15H,3-5H2,1-2H3/t15-/m0/s1. The number of pyridine rings is 1. The minimum atomic E-state index is -0.602. The van der Waals surface area contributed by atoms with E-state index in [-0.39, 0.29) is 5.78 Å². The van der Waals surface area contributed by atoms with Crippen LogP contribution in [0.3, 0.4) is 0 Å². The normalized spacial score (nSPS) is 13.1. The number of rotatable bonds is 7. The summed E-state index contributed by atoms with van der Waals surface area (Å²) in [5.74, 6) is -0.0719. The first-order valence-corrected chi connectivity index (χ1v) is 9.17. The molecule has 0 saturated heterocycles. The molecule has 0 spiro atoms. The van der Waals surface area contributed by atoms with E-state index in [1.54, 1.807) is 12.1 Å². The van der Waals surface area contributed by atoms with E-state index < -0.39 is 6.04 Å². The smallest absolute Gasteiger partial charge is 0.244 e. The van der Waals surface area contributed by atoms with Gasteiger partial charge in [-0.25, -0.2) is 0 Å². The van der Waals surface area contributed by atoms with E-state index in [0.29, 0.717) is 20.8 Å². The van der Waals surface area contributed by atoms with Gasteiger partial charge in [0.1, 0.15) is 0 Å². The third kappa shape index (κ3) is 4.59. The van der Waals surface area contributed by atoms with E-state index in [4.69, 9.17) is 24.2 Å². The van der Waals surface area contributed by atoms with Crippen molar-refractivity contribution in [3.05, 3.63) is 51.4 Å². The van der Waals surface area contributed by atoms with Crippen LogP contribution in [0.15, 0.2) is 41.7 Å². The van der Waals surface area contributed by atoms with Crippen LogP contribution in [0.4, 0.5) is 0 Å². The topological polar surface area (TPSA) is 33.3 Å². The number of carbonyl (C=O) groups is 1. The number of hydrogen-bond donors (Lipinski definition) is 0. The first-order valence-electron chi connectivity index (χ1n) is 7.57. The number of aliphatic imine (C=N–C) groups is 1. The zero-order valence-electron chi connectivity index (χ0n) is 13.2. The van der Waals surface area contributed by atoms with Gasteiger partial charge in [-0.1, -0.05) is 24.9 Å². The highest BCUT2D eigenvalue weighted by molar-refractivity contribution is 7.77. The van der Waals surface area contributed by atoms with Gasteiger partial charge in [0.2, 0.25) is 11.8 Å². The molecule has 2 rings (SSSR count). The molecular formula is C17H19ClN2OS2. The van der Waals surface area contributed by atoms with Gasteiger partial charge in [-0.05, 0) is 36.1 Å². The van der Waals surface area contributed by atoms with Gasteiger partial charge in [-0.15, -0.1) is 11.3 Å². The minimum absolute atomic E-state index is 0.0719. The molecule has 0 radical (unpaired) electrons. The molecule has 0 amide bonds. The van der Waals surface area contributed by atoms with Crippen LogP contribution in [-0.4, -0.2) is 17.4 Å². The second-order valence-electron chi connectivity index (χ2n) is 5.09. The van der Waals surface area contributed by atoms with E-state index >= 15 is 0 Å². The Bertz CT molecular complexity index is 695. The van der Waals surface area contributed by atoms with Crippen LogP contribution in [0.2, 0.25) is 4.34 Å². The summed E-state index contributed by atoms with van der Waals surface area (Å²) in [7, 11) is 0. The first kappa shape index (κ1) is 18.0. The third-order valence-electron chi connectivity index (χ3n) is 3.37. The van der Waals surface area contributed by atoms with Crippen LogP contribution in [-0.2, 0) is 19.0 Å². The van der Waals surface area contributed by atoms with Crippen molar-refractivity contribution < 1.29 is 9.36 Å². The quantitative estimate of drug-likeness (QED) is 0.244. The zero-order chi connectivity index (χ0) is 16.8. The van der Waals surface area contributed by atoms with Crippen molar-refractivity contribution in [1.82, 2.24) is 0 Å². The Balaban J connectivity index is 2.37. The summed E-state index contributed by atoms with van der Waals surface area (Å²) in [5.41, 5.74) is 1.24. The molecule has 6 heteroatoms. The van der Waals surface area contributed by atoms with Crippen LogP contribution in [0, 0.1) is 0 Å². The van der Waals surface area contributed by atoms with E-state index in [2.05, 4.69) is 11.9 Å². The molecular weight excluding hydrogens is 348 g/mol. The van der Waals surface area contributed by atoms with Gasteiger partial charge < -0.3 is 17.6 Å². The Kier molecular flexibility index (Phi) is 6.69. The molecule has 3 nitrogen and oxygen atoms in total. The number of aryl methyl sites for hydroxylation is 1. The second-order valence-corrected chi connectivity index (χ2v) is 7.22. The lowest BCUT2D eigenvalue weighted by Crippen LogP contribution is -2.47. The largest absolute Gasteiger partial charge is 0.758 e. The van der Waals surface area contributed by atoms with Gasteiger partial charge in [0.15, 0.2) is 12.4 Å². The molecule has 0 aliphatic rings. The lowest BCUT2D eigenvalue weighted by Gasteiger charge is -2.17. The van der Waals surface area contributed by atoms with Gasteiger partial charge in [0.05, 0.1) is 9.21 Å². The van der Waals surface area contributed by atoms with Gasteiger partial charge in [-0.3, -0.25) is 4.79 Å². The van der Waals surface area contributed by atoms with E-state index in [1.165, 1.54) is 16.9 Å². The first-order chi connectivity index (χ1) is 11.1. The Hall–Kier alpha value is -1.30. The van der Waals surface area contributed by atoms with Crippen LogP contribution < -0.4 is 4.57 Å². The molecule has 0 N–H and O–H groups in total. The summed E-state index contributed by atoms with van der Waals surface area (Å²) < 4.78 is 2.42. The second kappa shape index (κ2) is 8.52. The molecule has 122 valence electrons. The SMILES string of the molecule is CCCc1cc[n+]([C@@H](C(=O)c2ccc(Cl)s2)C([S-])=NCC)cc1. The summed E-state index contributed by atoms with van der Waals surface area (Å²) in [6.45, 7) is 4.61. The van der Waals surface area contributed by atoms with Gasteiger partial charge in [-0.2, -0.15) is 4.57 Å². The number of ketones is 1. The highest BCUT2D eigenvalue weighted by atomic mass is 35.5. The van der Waals surface area contributed by atoms with Crippen LogP contribution in [0.25, 0.3) is 0 Å². The highest BCUT2D eigenvalue weighted by Gasteiger charge is 2.29. The lowest BCUT2D eigenvalue weighted by atomic mass is 10.1. The fourth-order valence-corrected chi connectivity index (χ4v) is 3.66. The Morgan fingerprint density at radius 1 is 1.30 bits per heavy atom. The fraction of sp³-hybridized carbons (Fsp3) is 0.353. The molecule has 23 heavy (non-hydrogen) atoms. The third-order valence-corrected chi connectivity index (χ3v) is 4.97. The summed E-state index contributed by atoms with van der Waals surface area (Å²) >= 11 is 12.6. The molecule has 2 aromatic heterocycles.